The van der Waals surface area contributed by atoms with Crippen molar-refractivity contribution in [3.8, 4) is 0 Å². The molecule has 1 amide bonds. The van der Waals surface area contributed by atoms with Crippen molar-refractivity contribution >= 4 is 17.2 Å². The number of hydrogen-bond acceptors (Lipinski definition) is 2. The quantitative estimate of drug-likeness (QED) is 0.791. The van der Waals surface area contributed by atoms with E-state index in [9.17, 15) is 18.0 Å². The highest BCUT2D eigenvalue weighted by Crippen LogP contribution is 2.21. The number of thiophene rings is 1. The lowest BCUT2D eigenvalue weighted by atomic mass is 10.3. The van der Waals surface area contributed by atoms with Crippen LogP contribution in [0.1, 0.15) is 11.3 Å². The van der Waals surface area contributed by atoms with Crippen LogP contribution in [0.15, 0.2) is 17.5 Å². The number of amides is 1. The first kappa shape index (κ1) is 12.0. The molecule has 84 valence electrons. The van der Waals surface area contributed by atoms with Crippen molar-refractivity contribution in [2.24, 2.45) is 0 Å². The summed E-state index contributed by atoms with van der Waals surface area (Å²) in [6.45, 7) is 0.229. The fourth-order valence-corrected chi connectivity index (χ4v) is 1.79. The molecule has 0 aliphatic rings. The van der Waals surface area contributed by atoms with Gasteiger partial charge in [-0.1, -0.05) is 6.07 Å². The summed E-state index contributed by atoms with van der Waals surface area (Å²) in [5, 5.41) is 1.82. The molecule has 0 aliphatic heterocycles. The Balaban J connectivity index is 2.47. The number of rotatable bonds is 3. The summed E-state index contributed by atoms with van der Waals surface area (Å²) in [6, 6.07) is 3.57. The van der Waals surface area contributed by atoms with Crippen LogP contribution in [0.4, 0.5) is 13.2 Å². The molecule has 1 rings (SSSR count). The van der Waals surface area contributed by atoms with E-state index in [1.165, 1.54) is 18.4 Å². The van der Waals surface area contributed by atoms with Crippen LogP contribution in [-0.4, -0.2) is 24.0 Å². The minimum Gasteiger partial charge on any atom is -0.340 e. The number of hydrogen-bond donors (Lipinski definition) is 0. The maximum Gasteiger partial charge on any atom is 0.397 e. The lowest BCUT2D eigenvalue weighted by molar-refractivity contribution is -0.160. The predicted octanol–water partition coefficient (Wildman–Crippen LogP) is 2.66. The number of carbonyl (C=O) groups excluding carboxylic acids is 1. The van der Waals surface area contributed by atoms with Gasteiger partial charge in [-0.2, -0.15) is 13.2 Å². The average Bonchev–Trinajstić information content (AvgIpc) is 2.53. The second kappa shape index (κ2) is 4.65. The standard InChI is InChI=1S/C9H10F3NOS/c1-13(6-7-3-2-4-15-7)8(14)5-9(10,11)12/h2-4H,5-6H2,1H3. The van der Waals surface area contributed by atoms with Crippen LogP contribution in [0.5, 0.6) is 0 Å². The van der Waals surface area contributed by atoms with E-state index in [-0.39, 0.29) is 6.54 Å². The van der Waals surface area contributed by atoms with E-state index in [0.29, 0.717) is 0 Å². The normalized spacial score (nSPS) is 11.5. The first-order valence-electron chi connectivity index (χ1n) is 4.21. The Labute approximate surface area is 89.3 Å². The third-order valence-corrected chi connectivity index (χ3v) is 2.61. The maximum absolute atomic E-state index is 11.9. The van der Waals surface area contributed by atoms with Crippen molar-refractivity contribution in [1.29, 1.82) is 0 Å². The number of carbonyl (C=O) groups is 1. The minimum absolute atomic E-state index is 0.229. The van der Waals surface area contributed by atoms with Gasteiger partial charge in [0.15, 0.2) is 0 Å². The van der Waals surface area contributed by atoms with Crippen LogP contribution in [0.25, 0.3) is 0 Å². The van der Waals surface area contributed by atoms with Crippen LogP contribution < -0.4 is 0 Å². The van der Waals surface area contributed by atoms with Crippen molar-refractivity contribution in [3.63, 3.8) is 0 Å². The van der Waals surface area contributed by atoms with Crippen LogP contribution in [0, 0.1) is 0 Å². The van der Waals surface area contributed by atoms with Crippen LogP contribution in [0.3, 0.4) is 0 Å². The molecule has 0 bridgehead atoms. The van der Waals surface area contributed by atoms with Crippen LogP contribution in [-0.2, 0) is 11.3 Å². The highest BCUT2D eigenvalue weighted by atomic mass is 32.1. The van der Waals surface area contributed by atoms with Gasteiger partial charge in [-0.25, -0.2) is 0 Å². The maximum atomic E-state index is 11.9. The molecule has 0 unspecified atom stereocenters. The molecule has 0 aliphatic carbocycles. The van der Waals surface area contributed by atoms with Gasteiger partial charge in [-0.3, -0.25) is 4.79 Å². The zero-order valence-electron chi connectivity index (χ0n) is 8.04. The fraction of sp³-hybridized carbons (Fsp3) is 0.444. The van der Waals surface area contributed by atoms with E-state index in [4.69, 9.17) is 0 Å². The lowest BCUT2D eigenvalue weighted by Gasteiger charge is -2.17. The van der Waals surface area contributed by atoms with Gasteiger partial charge in [-0.15, -0.1) is 11.3 Å². The molecule has 6 heteroatoms. The zero-order valence-corrected chi connectivity index (χ0v) is 8.86. The van der Waals surface area contributed by atoms with Gasteiger partial charge in [0.2, 0.25) is 5.91 Å². The minimum atomic E-state index is -4.43. The summed E-state index contributed by atoms with van der Waals surface area (Å²) in [6.07, 6.45) is -5.82. The highest BCUT2D eigenvalue weighted by molar-refractivity contribution is 7.09. The molecule has 0 aromatic carbocycles. The van der Waals surface area contributed by atoms with E-state index < -0.39 is 18.5 Å². The summed E-state index contributed by atoms with van der Waals surface area (Å²) < 4.78 is 35.7. The Morgan fingerprint density at radius 3 is 2.67 bits per heavy atom. The van der Waals surface area contributed by atoms with Crippen molar-refractivity contribution in [2.45, 2.75) is 19.1 Å². The van der Waals surface area contributed by atoms with E-state index >= 15 is 0 Å². The molecule has 1 aromatic rings. The van der Waals surface area contributed by atoms with E-state index in [2.05, 4.69) is 0 Å². The Morgan fingerprint density at radius 1 is 1.53 bits per heavy atom. The monoisotopic (exact) mass is 237 g/mol. The Kier molecular flexibility index (Phi) is 3.73. The third kappa shape index (κ3) is 4.33. The lowest BCUT2D eigenvalue weighted by Crippen LogP contribution is -2.30. The van der Waals surface area contributed by atoms with Crippen LogP contribution >= 0.6 is 11.3 Å². The highest BCUT2D eigenvalue weighted by Gasteiger charge is 2.32. The Hall–Kier alpha value is -1.04. The molecular weight excluding hydrogens is 227 g/mol. The number of alkyl halides is 3. The van der Waals surface area contributed by atoms with Gasteiger partial charge in [0, 0.05) is 11.9 Å². The SMILES string of the molecule is CN(Cc1cccs1)C(=O)CC(F)(F)F. The molecule has 0 atom stereocenters. The molecule has 2 nitrogen and oxygen atoms in total. The predicted molar refractivity (Wildman–Crippen MR) is 51.5 cm³/mol. The Morgan fingerprint density at radius 2 is 2.20 bits per heavy atom. The summed E-state index contributed by atoms with van der Waals surface area (Å²) in [4.78, 5) is 13.0. The molecule has 0 spiro atoms. The van der Waals surface area contributed by atoms with Crippen molar-refractivity contribution in [3.05, 3.63) is 22.4 Å². The largest absolute Gasteiger partial charge is 0.397 e. The van der Waals surface area contributed by atoms with E-state index in [1.807, 2.05) is 5.38 Å². The first-order chi connectivity index (χ1) is 6.88. The van der Waals surface area contributed by atoms with Crippen molar-refractivity contribution in [1.82, 2.24) is 4.90 Å². The molecule has 0 N–H and O–H groups in total. The molecular formula is C9H10F3NOS. The van der Waals surface area contributed by atoms with Gasteiger partial charge >= 0.3 is 6.18 Å². The second-order valence-electron chi connectivity index (χ2n) is 3.12. The summed E-state index contributed by atoms with van der Waals surface area (Å²) in [5.74, 6) is -0.907. The van der Waals surface area contributed by atoms with Crippen LogP contribution in [0.2, 0.25) is 0 Å². The summed E-state index contributed by atoms with van der Waals surface area (Å²) in [7, 11) is 1.37. The smallest absolute Gasteiger partial charge is 0.340 e. The topological polar surface area (TPSA) is 20.3 Å². The van der Waals surface area contributed by atoms with Crippen molar-refractivity contribution in [2.75, 3.05) is 7.05 Å². The summed E-state index contributed by atoms with van der Waals surface area (Å²) >= 11 is 1.41. The molecule has 1 heterocycles. The van der Waals surface area contributed by atoms with Gasteiger partial charge in [0.05, 0.1) is 6.54 Å². The van der Waals surface area contributed by atoms with E-state index in [0.717, 1.165) is 9.78 Å². The first-order valence-corrected chi connectivity index (χ1v) is 5.09. The number of halogens is 3. The van der Waals surface area contributed by atoms with E-state index in [1.54, 1.807) is 12.1 Å². The second-order valence-corrected chi connectivity index (χ2v) is 4.15. The molecule has 15 heavy (non-hydrogen) atoms. The Bertz CT molecular complexity index is 321. The van der Waals surface area contributed by atoms with Gasteiger partial charge in [-0.05, 0) is 11.4 Å². The van der Waals surface area contributed by atoms with Gasteiger partial charge in [0.25, 0.3) is 0 Å². The third-order valence-electron chi connectivity index (χ3n) is 1.75. The molecule has 0 saturated carbocycles. The average molecular weight is 237 g/mol. The molecule has 0 fully saturated rings. The van der Waals surface area contributed by atoms with Gasteiger partial charge < -0.3 is 4.90 Å². The molecule has 0 saturated heterocycles. The fourth-order valence-electron chi connectivity index (χ4n) is 1.03. The molecule has 1 aromatic heterocycles. The summed E-state index contributed by atoms with van der Waals surface area (Å²) in [5.41, 5.74) is 0. The molecule has 0 radical (unpaired) electrons. The zero-order chi connectivity index (χ0) is 11.5. The van der Waals surface area contributed by atoms with Crippen molar-refractivity contribution < 1.29 is 18.0 Å². The number of nitrogens with zero attached hydrogens (tertiary/aromatic N) is 1. The van der Waals surface area contributed by atoms with Gasteiger partial charge in [0.1, 0.15) is 6.42 Å².